The highest BCUT2D eigenvalue weighted by atomic mass is 32.2. The summed E-state index contributed by atoms with van der Waals surface area (Å²) in [4.78, 5) is 9.92. The van der Waals surface area contributed by atoms with Crippen molar-refractivity contribution in [3.8, 4) is 0 Å². The quantitative estimate of drug-likeness (QED) is 0.857. The van der Waals surface area contributed by atoms with Gasteiger partial charge in [0, 0.05) is 4.90 Å². The van der Waals surface area contributed by atoms with Gasteiger partial charge in [0.1, 0.15) is 0 Å². The summed E-state index contributed by atoms with van der Waals surface area (Å²) in [5.41, 5.74) is -4.98. The van der Waals surface area contributed by atoms with Gasteiger partial charge in [0.05, 0.1) is 5.56 Å². The summed E-state index contributed by atoms with van der Waals surface area (Å²) < 4.78 is 46.7. The Bertz CT molecular complexity index is 397. The van der Waals surface area contributed by atoms with Gasteiger partial charge < -0.3 is 5.11 Å². The van der Waals surface area contributed by atoms with E-state index in [2.05, 4.69) is 0 Å². The van der Waals surface area contributed by atoms with E-state index in [9.17, 15) is 22.2 Å². The third-order valence-electron chi connectivity index (χ3n) is 1.53. The van der Waals surface area contributed by atoms with Gasteiger partial charge in [-0.15, -0.1) is 0 Å². The van der Waals surface area contributed by atoms with Crippen LogP contribution < -0.4 is 0 Å². The van der Waals surface area contributed by atoms with E-state index in [4.69, 9.17) is 5.11 Å². The average molecular weight is 238 g/mol. The number of carboxylic acids is 1. The van der Waals surface area contributed by atoms with E-state index in [-0.39, 0.29) is 5.56 Å². The van der Waals surface area contributed by atoms with E-state index in [1.165, 1.54) is 0 Å². The summed E-state index contributed by atoms with van der Waals surface area (Å²) in [7, 11) is -3.12. The van der Waals surface area contributed by atoms with E-state index < -0.39 is 27.2 Å². The summed E-state index contributed by atoms with van der Waals surface area (Å²) in [6.07, 6.45) is 0. The first-order valence-electron chi connectivity index (χ1n) is 3.64. The van der Waals surface area contributed by atoms with E-state index in [0.29, 0.717) is 0 Å². The zero-order valence-corrected chi connectivity index (χ0v) is 7.93. The fourth-order valence-electron chi connectivity index (χ4n) is 0.855. The molecule has 0 aliphatic carbocycles. The number of carbonyl (C=O) groups is 1. The van der Waals surface area contributed by atoms with Crippen molar-refractivity contribution in [1.29, 1.82) is 0 Å². The van der Waals surface area contributed by atoms with Gasteiger partial charge in [0.25, 0.3) is 0 Å². The van der Waals surface area contributed by atoms with E-state index >= 15 is 0 Å². The summed E-state index contributed by atoms with van der Waals surface area (Å²) in [6.45, 7) is 0. The Balaban J connectivity index is 3.00. The highest BCUT2D eigenvalue weighted by Crippen LogP contribution is 2.26. The Morgan fingerprint density at radius 1 is 1.20 bits per heavy atom. The molecule has 0 saturated carbocycles. The highest BCUT2D eigenvalue weighted by Gasteiger charge is 2.37. The van der Waals surface area contributed by atoms with Crippen molar-refractivity contribution < 1.29 is 27.3 Å². The number of hydrogen-bond acceptors (Lipinski definition) is 2. The smallest absolute Gasteiger partial charge is 0.475 e. The van der Waals surface area contributed by atoms with Crippen molar-refractivity contribution in [1.82, 2.24) is 0 Å². The summed E-state index contributed by atoms with van der Waals surface area (Å²) >= 11 is 0. The number of alkyl halides is 3. The second-order valence-electron chi connectivity index (χ2n) is 2.54. The first-order chi connectivity index (χ1) is 6.82. The lowest BCUT2D eigenvalue weighted by Crippen LogP contribution is -2.16. The molecule has 1 rings (SSSR count). The Kier molecular flexibility index (Phi) is 3.13. The molecule has 0 aromatic heterocycles. The number of halogens is 3. The van der Waals surface area contributed by atoms with Crippen molar-refractivity contribution in [2.24, 2.45) is 0 Å². The van der Waals surface area contributed by atoms with Gasteiger partial charge in [0.2, 0.25) is 0 Å². The maximum atomic E-state index is 12.0. The van der Waals surface area contributed by atoms with Gasteiger partial charge in [-0.2, -0.15) is 13.2 Å². The largest absolute Gasteiger partial charge is 0.478 e. The van der Waals surface area contributed by atoms with Crippen LogP contribution in [0.15, 0.2) is 29.2 Å². The molecule has 7 heteroatoms. The molecule has 3 nitrogen and oxygen atoms in total. The van der Waals surface area contributed by atoms with Crippen LogP contribution in [0.3, 0.4) is 0 Å². The predicted octanol–water partition coefficient (Wildman–Crippen LogP) is 2.01. The fourth-order valence-corrected chi connectivity index (χ4v) is 1.51. The minimum absolute atomic E-state index is 0.155. The lowest BCUT2D eigenvalue weighted by atomic mass is 10.2. The Morgan fingerprint density at radius 2 is 1.67 bits per heavy atom. The normalized spacial score (nSPS) is 13.5. The van der Waals surface area contributed by atoms with Gasteiger partial charge in [-0.25, -0.2) is 9.00 Å². The van der Waals surface area contributed by atoms with E-state index in [1.54, 1.807) is 0 Å². The molecular weight excluding hydrogens is 233 g/mol. The number of benzene rings is 1. The molecule has 0 spiro atoms. The second kappa shape index (κ2) is 4.01. The molecule has 82 valence electrons. The van der Waals surface area contributed by atoms with Crippen LogP contribution in [0.2, 0.25) is 0 Å². The molecule has 0 radical (unpaired) electrons. The van der Waals surface area contributed by atoms with Crippen LogP contribution in [0.1, 0.15) is 10.4 Å². The van der Waals surface area contributed by atoms with Crippen molar-refractivity contribution in [3.63, 3.8) is 0 Å². The molecule has 0 unspecified atom stereocenters. The van der Waals surface area contributed by atoms with Crippen LogP contribution in [0.5, 0.6) is 0 Å². The minimum Gasteiger partial charge on any atom is -0.478 e. The molecule has 15 heavy (non-hydrogen) atoms. The molecular formula is C8H5F3O3S. The maximum Gasteiger partial charge on any atom is 0.475 e. The third-order valence-corrected chi connectivity index (χ3v) is 2.65. The van der Waals surface area contributed by atoms with Crippen LogP contribution >= 0.6 is 0 Å². The summed E-state index contributed by atoms with van der Waals surface area (Å²) in [5.74, 6) is -1.25. The van der Waals surface area contributed by atoms with Crippen LogP contribution in [0, 0.1) is 0 Å². The van der Waals surface area contributed by atoms with Gasteiger partial charge in [0.15, 0.2) is 10.8 Å². The van der Waals surface area contributed by atoms with Crippen LogP contribution in [-0.2, 0) is 10.8 Å². The second-order valence-corrected chi connectivity index (χ2v) is 4.02. The Labute approximate surface area is 85.0 Å². The van der Waals surface area contributed by atoms with Gasteiger partial charge >= 0.3 is 11.5 Å². The minimum atomic E-state index is -4.83. The molecule has 0 bridgehead atoms. The summed E-state index contributed by atoms with van der Waals surface area (Å²) in [6, 6.07) is 3.71. The maximum absolute atomic E-state index is 12.0. The van der Waals surface area contributed by atoms with Crippen molar-refractivity contribution in [2.75, 3.05) is 0 Å². The summed E-state index contributed by atoms with van der Waals surface area (Å²) in [5, 5.41) is 8.48. The number of rotatable bonds is 2. The molecule has 1 N–H and O–H groups in total. The zero-order valence-electron chi connectivity index (χ0n) is 7.12. The molecule has 0 saturated heterocycles. The molecule has 1 atom stereocenters. The number of aromatic carboxylic acids is 1. The molecule has 1 aromatic carbocycles. The SMILES string of the molecule is O=C(O)c1ccc([S@@](=O)C(F)(F)F)cc1. The van der Waals surface area contributed by atoms with Gasteiger partial charge in [-0.1, -0.05) is 0 Å². The van der Waals surface area contributed by atoms with E-state index in [1.807, 2.05) is 0 Å². The van der Waals surface area contributed by atoms with Crippen molar-refractivity contribution in [2.45, 2.75) is 10.4 Å². The average Bonchev–Trinajstić information content (AvgIpc) is 2.15. The molecule has 0 aliphatic heterocycles. The van der Waals surface area contributed by atoms with Gasteiger partial charge in [-0.05, 0) is 24.3 Å². The van der Waals surface area contributed by atoms with Gasteiger partial charge in [-0.3, -0.25) is 0 Å². The topological polar surface area (TPSA) is 54.4 Å². The Morgan fingerprint density at radius 3 is 2.00 bits per heavy atom. The molecule has 0 aliphatic rings. The third kappa shape index (κ3) is 2.79. The highest BCUT2D eigenvalue weighted by molar-refractivity contribution is 7.86. The molecule has 0 heterocycles. The van der Waals surface area contributed by atoms with Crippen molar-refractivity contribution in [3.05, 3.63) is 29.8 Å². The monoisotopic (exact) mass is 238 g/mol. The predicted molar refractivity (Wildman–Crippen MR) is 45.9 cm³/mol. The fraction of sp³-hybridized carbons (Fsp3) is 0.125. The lowest BCUT2D eigenvalue weighted by Gasteiger charge is -2.05. The van der Waals surface area contributed by atoms with Crippen molar-refractivity contribution >= 4 is 16.8 Å². The van der Waals surface area contributed by atoms with Crippen LogP contribution in [0.25, 0.3) is 0 Å². The standard InChI is InChI=1S/C8H5F3O3S/c9-8(10,11)15(14)6-3-1-5(2-4-6)7(12)13/h1-4H,(H,12,13)/t15-/m1/s1. The lowest BCUT2D eigenvalue weighted by molar-refractivity contribution is -0.0384. The van der Waals surface area contributed by atoms with Crippen LogP contribution in [-0.4, -0.2) is 20.8 Å². The first-order valence-corrected chi connectivity index (χ1v) is 4.79. The first kappa shape index (κ1) is 11.7. The molecule has 0 fully saturated rings. The van der Waals surface area contributed by atoms with E-state index in [0.717, 1.165) is 24.3 Å². The number of hydrogen-bond donors (Lipinski definition) is 1. The number of carboxylic acid groups (broad SMARTS) is 1. The molecule has 1 aromatic rings. The Hall–Kier alpha value is -1.37. The zero-order chi connectivity index (χ0) is 11.6. The van der Waals surface area contributed by atoms with Crippen LogP contribution in [0.4, 0.5) is 13.2 Å². The molecule has 0 amide bonds.